The summed E-state index contributed by atoms with van der Waals surface area (Å²) in [7, 11) is 1.56. The third-order valence-electron chi connectivity index (χ3n) is 3.85. The van der Waals surface area contributed by atoms with Gasteiger partial charge in [0.2, 0.25) is 0 Å². The lowest BCUT2D eigenvalue weighted by atomic mass is 9.86. The van der Waals surface area contributed by atoms with Gasteiger partial charge < -0.3 is 25.3 Å². The summed E-state index contributed by atoms with van der Waals surface area (Å²) in [5.41, 5.74) is 5.84. The molecule has 140 valence electrons. The smallest absolute Gasteiger partial charge is 0.251 e. The maximum absolute atomic E-state index is 12.1. The van der Waals surface area contributed by atoms with Gasteiger partial charge >= 0.3 is 0 Å². The Morgan fingerprint density at radius 3 is 2.56 bits per heavy atom. The minimum atomic E-state index is -0.566. The van der Waals surface area contributed by atoms with E-state index in [4.69, 9.17) is 19.9 Å². The number of anilines is 1. The summed E-state index contributed by atoms with van der Waals surface area (Å²) in [6.45, 7) is 8.47. The number of rotatable bonds is 7. The van der Waals surface area contributed by atoms with E-state index in [9.17, 15) is 9.59 Å². The number of ether oxygens (including phenoxy) is 3. The molecule has 0 aliphatic carbocycles. The van der Waals surface area contributed by atoms with E-state index < -0.39 is 17.1 Å². The average Bonchev–Trinajstić information content (AvgIpc) is 2.80. The van der Waals surface area contributed by atoms with Crippen molar-refractivity contribution < 1.29 is 23.8 Å². The standard InChI is InChI=1S/C17H26N2O5S/c1-16(2)8-10-12(14(18)21)15(25-13(10)17(3,4)24-16)19-11(20)9-23-7-6-22-5/h6-9H2,1-5H3,(H2,18,21)(H,19,20). The number of carbonyl (C=O) groups excluding carboxylic acids is 2. The number of hydrogen-bond acceptors (Lipinski definition) is 6. The zero-order chi connectivity index (χ0) is 18.8. The molecule has 0 saturated carbocycles. The molecule has 0 atom stereocenters. The number of fused-ring (bicyclic) bond motifs is 1. The second-order valence-electron chi connectivity index (χ2n) is 7.12. The molecule has 3 N–H and O–H groups in total. The third-order valence-corrected chi connectivity index (χ3v) is 5.30. The summed E-state index contributed by atoms with van der Waals surface area (Å²) in [6.07, 6.45) is 0.556. The minimum Gasteiger partial charge on any atom is -0.382 e. The molecule has 25 heavy (non-hydrogen) atoms. The Labute approximate surface area is 151 Å². The van der Waals surface area contributed by atoms with Crippen LogP contribution in [-0.2, 0) is 31.0 Å². The molecule has 0 unspecified atom stereocenters. The first-order valence-corrected chi connectivity index (χ1v) is 8.91. The maximum atomic E-state index is 12.1. The minimum absolute atomic E-state index is 0.116. The summed E-state index contributed by atoms with van der Waals surface area (Å²) in [4.78, 5) is 25.1. The molecule has 7 nitrogen and oxygen atoms in total. The predicted molar refractivity (Wildman–Crippen MR) is 96.1 cm³/mol. The first-order chi connectivity index (χ1) is 11.6. The van der Waals surface area contributed by atoms with Crippen LogP contribution in [0.1, 0.15) is 48.5 Å². The van der Waals surface area contributed by atoms with Gasteiger partial charge in [-0.2, -0.15) is 0 Å². The normalized spacial score (nSPS) is 17.8. The number of methoxy groups -OCH3 is 1. The number of hydrogen-bond donors (Lipinski definition) is 2. The second-order valence-corrected chi connectivity index (χ2v) is 8.14. The summed E-state index contributed by atoms with van der Waals surface area (Å²) >= 11 is 1.33. The first-order valence-electron chi connectivity index (χ1n) is 8.10. The number of nitrogens with two attached hydrogens (primary N) is 1. The van der Waals surface area contributed by atoms with E-state index in [0.29, 0.717) is 30.2 Å². The Kier molecular flexibility index (Phi) is 5.88. The van der Waals surface area contributed by atoms with Crippen molar-refractivity contribution in [2.75, 3.05) is 32.2 Å². The summed E-state index contributed by atoms with van der Waals surface area (Å²) in [5.74, 6) is -0.892. The monoisotopic (exact) mass is 370 g/mol. The van der Waals surface area contributed by atoms with Gasteiger partial charge in [-0.3, -0.25) is 9.59 Å². The molecule has 0 bridgehead atoms. The Morgan fingerprint density at radius 2 is 1.96 bits per heavy atom. The van der Waals surface area contributed by atoms with Crippen LogP contribution < -0.4 is 11.1 Å². The van der Waals surface area contributed by atoms with Crippen molar-refractivity contribution in [1.82, 2.24) is 0 Å². The van der Waals surface area contributed by atoms with Crippen LogP contribution in [0.15, 0.2) is 0 Å². The topological polar surface area (TPSA) is 99.9 Å². The molecule has 2 amide bonds. The van der Waals surface area contributed by atoms with Crippen molar-refractivity contribution in [3.8, 4) is 0 Å². The van der Waals surface area contributed by atoms with Crippen LogP contribution >= 0.6 is 11.3 Å². The molecule has 1 aliphatic rings. The van der Waals surface area contributed by atoms with Crippen LogP contribution in [-0.4, -0.2) is 44.3 Å². The van der Waals surface area contributed by atoms with E-state index in [0.717, 1.165) is 10.4 Å². The fourth-order valence-electron chi connectivity index (χ4n) is 3.14. The van der Waals surface area contributed by atoms with Crippen molar-refractivity contribution in [3.63, 3.8) is 0 Å². The van der Waals surface area contributed by atoms with E-state index in [2.05, 4.69) is 5.32 Å². The molecule has 2 heterocycles. The van der Waals surface area contributed by atoms with E-state index >= 15 is 0 Å². The lowest BCUT2D eigenvalue weighted by Gasteiger charge is -2.41. The second kappa shape index (κ2) is 7.41. The van der Waals surface area contributed by atoms with Crippen molar-refractivity contribution in [2.45, 2.75) is 45.3 Å². The largest absolute Gasteiger partial charge is 0.382 e. The Hall–Kier alpha value is -1.48. The quantitative estimate of drug-likeness (QED) is 0.716. The van der Waals surface area contributed by atoms with Gasteiger partial charge in [-0.25, -0.2) is 0 Å². The van der Waals surface area contributed by atoms with Crippen molar-refractivity contribution in [3.05, 3.63) is 16.0 Å². The fraction of sp³-hybridized carbons (Fsp3) is 0.647. The van der Waals surface area contributed by atoms with Crippen LogP contribution in [0, 0.1) is 0 Å². The van der Waals surface area contributed by atoms with Gasteiger partial charge in [0.1, 0.15) is 11.6 Å². The van der Waals surface area contributed by atoms with Crippen LogP contribution in [0.25, 0.3) is 0 Å². The van der Waals surface area contributed by atoms with Gasteiger partial charge in [0, 0.05) is 18.4 Å². The fourth-order valence-corrected chi connectivity index (χ4v) is 4.42. The Bertz CT molecular complexity index is 666. The Balaban J connectivity index is 2.27. The van der Waals surface area contributed by atoms with E-state index in [-0.39, 0.29) is 12.5 Å². The summed E-state index contributed by atoms with van der Waals surface area (Å²) in [6, 6.07) is 0. The molecular formula is C17H26N2O5S. The number of primary amides is 1. The zero-order valence-electron chi connectivity index (χ0n) is 15.4. The molecular weight excluding hydrogens is 344 g/mol. The third kappa shape index (κ3) is 4.58. The van der Waals surface area contributed by atoms with E-state index in [1.165, 1.54) is 11.3 Å². The van der Waals surface area contributed by atoms with Crippen LogP contribution in [0.2, 0.25) is 0 Å². The molecule has 0 fully saturated rings. The van der Waals surface area contributed by atoms with Gasteiger partial charge in [0.05, 0.1) is 30.0 Å². The Morgan fingerprint density at radius 1 is 1.28 bits per heavy atom. The molecule has 8 heteroatoms. The zero-order valence-corrected chi connectivity index (χ0v) is 16.2. The highest BCUT2D eigenvalue weighted by atomic mass is 32.1. The number of carbonyl (C=O) groups is 2. The van der Waals surface area contributed by atoms with Crippen molar-refractivity contribution in [1.29, 1.82) is 0 Å². The molecule has 1 aromatic heterocycles. The highest BCUT2D eigenvalue weighted by molar-refractivity contribution is 7.17. The van der Waals surface area contributed by atoms with Gasteiger partial charge in [-0.05, 0) is 33.3 Å². The first kappa shape index (κ1) is 19.8. The van der Waals surface area contributed by atoms with E-state index in [1.807, 2.05) is 27.7 Å². The molecule has 2 rings (SSSR count). The summed E-state index contributed by atoms with van der Waals surface area (Å²) < 4.78 is 16.2. The lowest BCUT2D eigenvalue weighted by molar-refractivity contribution is -0.135. The number of thiophene rings is 1. The van der Waals surface area contributed by atoms with Gasteiger partial charge in [0.15, 0.2) is 0 Å². The SMILES string of the molecule is COCCOCC(=O)Nc1sc2c(c1C(N)=O)CC(C)(C)OC2(C)C. The predicted octanol–water partition coefficient (Wildman–Crippen LogP) is 2.03. The number of nitrogens with one attached hydrogen (secondary N) is 1. The van der Waals surface area contributed by atoms with Crippen LogP contribution in [0.3, 0.4) is 0 Å². The average molecular weight is 370 g/mol. The van der Waals surface area contributed by atoms with Crippen molar-refractivity contribution in [2.24, 2.45) is 5.73 Å². The highest BCUT2D eigenvalue weighted by Crippen LogP contribution is 2.48. The maximum Gasteiger partial charge on any atom is 0.251 e. The molecule has 0 aromatic carbocycles. The lowest BCUT2D eigenvalue weighted by Crippen LogP contribution is -2.42. The van der Waals surface area contributed by atoms with Gasteiger partial charge in [-0.1, -0.05) is 0 Å². The van der Waals surface area contributed by atoms with Crippen LogP contribution in [0.5, 0.6) is 0 Å². The van der Waals surface area contributed by atoms with Crippen LogP contribution in [0.4, 0.5) is 5.00 Å². The molecule has 1 aromatic rings. The molecule has 0 radical (unpaired) electrons. The number of amides is 2. The molecule has 0 spiro atoms. The molecule has 0 saturated heterocycles. The van der Waals surface area contributed by atoms with Crippen molar-refractivity contribution >= 4 is 28.2 Å². The molecule has 1 aliphatic heterocycles. The summed E-state index contributed by atoms with van der Waals surface area (Å²) in [5, 5.41) is 3.20. The van der Waals surface area contributed by atoms with Gasteiger partial charge in [0.25, 0.3) is 11.8 Å². The van der Waals surface area contributed by atoms with E-state index in [1.54, 1.807) is 7.11 Å². The highest BCUT2D eigenvalue weighted by Gasteiger charge is 2.42. The van der Waals surface area contributed by atoms with Gasteiger partial charge in [-0.15, -0.1) is 11.3 Å².